The molecule has 1 unspecified atom stereocenters. The van der Waals surface area contributed by atoms with Gasteiger partial charge in [-0.2, -0.15) is 0 Å². The van der Waals surface area contributed by atoms with Crippen LogP contribution in [0.1, 0.15) is 11.6 Å². The van der Waals surface area contributed by atoms with Crippen LogP contribution in [0.4, 0.5) is 10.1 Å². The van der Waals surface area contributed by atoms with Crippen molar-refractivity contribution in [2.45, 2.75) is 6.04 Å². The smallest absolute Gasteiger partial charge is 0.128 e. The van der Waals surface area contributed by atoms with Crippen molar-refractivity contribution in [3.8, 4) is 0 Å². The number of hydrogen-bond donors (Lipinski definition) is 2. The highest BCUT2D eigenvalue weighted by molar-refractivity contribution is 9.10. The molecule has 0 spiro atoms. The van der Waals surface area contributed by atoms with Gasteiger partial charge in [0.1, 0.15) is 5.82 Å². The van der Waals surface area contributed by atoms with E-state index in [-0.39, 0.29) is 12.4 Å². The zero-order valence-electron chi connectivity index (χ0n) is 9.61. The number of hydrogen-bond acceptors (Lipinski definition) is 2. The Morgan fingerprint density at radius 1 is 1.17 bits per heavy atom. The van der Waals surface area contributed by atoms with E-state index in [9.17, 15) is 9.50 Å². The molecule has 2 N–H and O–H groups in total. The number of nitrogens with one attached hydrogen (secondary N) is 1. The summed E-state index contributed by atoms with van der Waals surface area (Å²) in [7, 11) is 0. The lowest BCUT2D eigenvalue weighted by molar-refractivity contribution is 0.274. The summed E-state index contributed by atoms with van der Waals surface area (Å²) in [6.45, 7) is -0.178. The highest BCUT2D eigenvalue weighted by Gasteiger charge is 2.15. The minimum Gasteiger partial charge on any atom is -0.394 e. The Bertz CT molecular complexity index is 518. The maximum atomic E-state index is 13.7. The van der Waals surface area contributed by atoms with Crippen molar-refractivity contribution in [3.63, 3.8) is 0 Å². The van der Waals surface area contributed by atoms with E-state index >= 15 is 0 Å². The van der Waals surface area contributed by atoms with Crippen LogP contribution in [0.2, 0.25) is 0 Å². The van der Waals surface area contributed by atoms with Crippen LogP contribution in [0.3, 0.4) is 0 Å². The molecule has 4 heteroatoms. The molecule has 0 bridgehead atoms. The van der Waals surface area contributed by atoms with Crippen LogP contribution < -0.4 is 5.32 Å². The highest BCUT2D eigenvalue weighted by Crippen LogP contribution is 2.24. The molecular weight excluding hydrogens is 297 g/mol. The van der Waals surface area contributed by atoms with Crippen LogP contribution in [0.25, 0.3) is 0 Å². The summed E-state index contributed by atoms with van der Waals surface area (Å²) in [6, 6.07) is 13.6. The lowest BCUT2D eigenvalue weighted by Gasteiger charge is -2.19. The summed E-state index contributed by atoms with van der Waals surface area (Å²) >= 11 is 3.30. The Morgan fingerprint density at radius 3 is 2.56 bits per heavy atom. The molecular formula is C14H13BrFNO. The van der Waals surface area contributed by atoms with Crippen LogP contribution in [-0.2, 0) is 0 Å². The first-order valence-electron chi connectivity index (χ1n) is 5.58. The van der Waals surface area contributed by atoms with E-state index in [2.05, 4.69) is 21.2 Å². The van der Waals surface area contributed by atoms with Crippen molar-refractivity contribution in [1.29, 1.82) is 0 Å². The first-order valence-corrected chi connectivity index (χ1v) is 6.37. The Kier molecular flexibility index (Phi) is 4.33. The average molecular weight is 310 g/mol. The van der Waals surface area contributed by atoms with Gasteiger partial charge >= 0.3 is 0 Å². The summed E-state index contributed by atoms with van der Waals surface area (Å²) in [5.41, 5.74) is 1.28. The molecule has 18 heavy (non-hydrogen) atoms. The van der Waals surface area contributed by atoms with Gasteiger partial charge in [-0.1, -0.05) is 34.1 Å². The molecule has 0 fully saturated rings. The quantitative estimate of drug-likeness (QED) is 0.902. The monoisotopic (exact) mass is 309 g/mol. The fourth-order valence-electron chi connectivity index (χ4n) is 1.74. The van der Waals surface area contributed by atoms with E-state index in [4.69, 9.17) is 0 Å². The molecule has 2 nitrogen and oxygen atoms in total. The molecule has 0 amide bonds. The largest absolute Gasteiger partial charge is 0.394 e. The maximum absolute atomic E-state index is 13.7. The van der Waals surface area contributed by atoms with E-state index in [1.54, 1.807) is 12.1 Å². The third-order valence-electron chi connectivity index (χ3n) is 2.63. The standard InChI is InChI=1S/C14H13BrFNO/c15-10-6-7-13(16)12(8-10)14(9-18)17-11-4-2-1-3-5-11/h1-8,14,17-18H,9H2. The summed E-state index contributed by atoms with van der Waals surface area (Å²) in [6.07, 6.45) is 0. The van der Waals surface area contributed by atoms with Gasteiger partial charge in [-0.25, -0.2) is 4.39 Å². The molecule has 0 aromatic heterocycles. The first kappa shape index (κ1) is 13.1. The van der Waals surface area contributed by atoms with Crippen molar-refractivity contribution in [1.82, 2.24) is 0 Å². The number of benzene rings is 2. The number of para-hydroxylation sites is 1. The molecule has 0 heterocycles. The first-order chi connectivity index (χ1) is 8.70. The van der Waals surface area contributed by atoms with Crippen LogP contribution in [0, 0.1) is 5.82 Å². The Balaban J connectivity index is 2.26. The summed E-state index contributed by atoms with van der Waals surface area (Å²) in [5, 5.41) is 12.5. The Morgan fingerprint density at radius 2 is 1.89 bits per heavy atom. The van der Waals surface area contributed by atoms with E-state index in [0.29, 0.717) is 5.56 Å². The molecule has 2 aromatic rings. The molecule has 1 atom stereocenters. The summed E-state index contributed by atoms with van der Waals surface area (Å²) in [5.74, 6) is -0.333. The Hall–Kier alpha value is -1.39. The lowest BCUT2D eigenvalue weighted by atomic mass is 10.1. The van der Waals surface area contributed by atoms with Crippen molar-refractivity contribution >= 4 is 21.6 Å². The second-order valence-electron chi connectivity index (χ2n) is 3.91. The lowest BCUT2D eigenvalue weighted by Crippen LogP contribution is -2.16. The fraction of sp³-hybridized carbons (Fsp3) is 0.143. The number of rotatable bonds is 4. The number of halogens is 2. The van der Waals surface area contributed by atoms with Gasteiger partial charge in [-0.05, 0) is 30.3 Å². The number of aliphatic hydroxyl groups is 1. The average Bonchev–Trinajstić information content (AvgIpc) is 2.40. The van der Waals surface area contributed by atoms with E-state index in [1.165, 1.54) is 6.07 Å². The van der Waals surface area contributed by atoms with Gasteiger partial charge in [-0.15, -0.1) is 0 Å². The third kappa shape index (κ3) is 3.09. The molecule has 0 saturated heterocycles. The normalized spacial score (nSPS) is 12.2. The number of aliphatic hydroxyl groups excluding tert-OH is 1. The van der Waals surface area contributed by atoms with Crippen LogP contribution >= 0.6 is 15.9 Å². The van der Waals surface area contributed by atoms with Crippen LogP contribution in [-0.4, -0.2) is 11.7 Å². The molecule has 2 aromatic carbocycles. The molecule has 0 aliphatic heterocycles. The predicted octanol–water partition coefficient (Wildman–Crippen LogP) is 3.73. The van der Waals surface area contributed by atoms with Crippen LogP contribution in [0.5, 0.6) is 0 Å². The molecule has 2 rings (SSSR count). The second-order valence-corrected chi connectivity index (χ2v) is 4.83. The van der Waals surface area contributed by atoms with Gasteiger partial charge < -0.3 is 10.4 Å². The Labute approximate surface area is 114 Å². The van der Waals surface area contributed by atoms with Gasteiger partial charge in [-0.3, -0.25) is 0 Å². The SMILES string of the molecule is OCC(Nc1ccccc1)c1cc(Br)ccc1F. The summed E-state index contributed by atoms with van der Waals surface area (Å²) in [4.78, 5) is 0. The second kappa shape index (κ2) is 5.98. The van der Waals surface area contributed by atoms with Gasteiger partial charge in [0.15, 0.2) is 0 Å². The predicted molar refractivity (Wildman–Crippen MR) is 74.0 cm³/mol. The molecule has 0 saturated carbocycles. The van der Waals surface area contributed by atoms with Gasteiger partial charge in [0.05, 0.1) is 12.6 Å². The zero-order valence-corrected chi connectivity index (χ0v) is 11.2. The van der Waals surface area contributed by atoms with E-state index in [1.807, 2.05) is 30.3 Å². The van der Waals surface area contributed by atoms with E-state index in [0.717, 1.165) is 10.2 Å². The molecule has 94 valence electrons. The minimum atomic E-state index is -0.468. The van der Waals surface area contributed by atoms with Gasteiger partial charge in [0, 0.05) is 15.7 Å². The van der Waals surface area contributed by atoms with Crippen molar-refractivity contribution in [2.24, 2.45) is 0 Å². The number of anilines is 1. The fourth-order valence-corrected chi connectivity index (χ4v) is 2.12. The van der Waals surface area contributed by atoms with Crippen molar-refractivity contribution < 1.29 is 9.50 Å². The topological polar surface area (TPSA) is 32.3 Å². The minimum absolute atomic E-state index is 0.178. The zero-order chi connectivity index (χ0) is 13.0. The van der Waals surface area contributed by atoms with Crippen molar-refractivity contribution in [3.05, 3.63) is 64.4 Å². The highest BCUT2D eigenvalue weighted by atomic mass is 79.9. The van der Waals surface area contributed by atoms with Gasteiger partial charge in [0.2, 0.25) is 0 Å². The van der Waals surface area contributed by atoms with Crippen LogP contribution in [0.15, 0.2) is 53.0 Å². The maximum Gasteiger partial charge on any atom is 0.128 e. The van der Waals surface area contributed by atoms with Crippen molar-refractivity contribution in [2.75, 3.05) is 11.9 Å². The molecule has 0 radical (unpaired) electrons. The van der Waals surface area contributed by atoms with Gasteiger partial charge in [0.25, 0.3) is 0 Å². The third-order valence-corrected chi connectivity index (χ3v) is 3.12. The molecule has 0 aliphatic rings. The molecule has 0 aliphatic carbocycles. The summed E-state index contributed by atoms with van der Waals surface area (Å²) < 4.78 is 14.5. The van der Waals surface area contributed by atoms with E-state index < -0.39 is 6.04 Å².